The van der Waals surface area contributed by atoms with Crippen molar-refractivity contribution in [2.24, 2.45) is 0 Å². The highest BCUT2D eigenvalue weighted by molar-refractivity contribution is 7.11. The van der Waals surface area contributed by atoms with Crippen molar-refractivity contribution in [2.45, 2.75) is 0 Å². The van der Waals surface area contributed by atoms with E-state index in [9.17, 15) is 0 Å². The van der Waals surface area contributed by atoms with Crippen LogP contribution in [0.2, 0.25) is 0 Å². The van der Waals surface area contributed by atoms with E-state index in [-0.39, 0.29) is 0 Å². The number of aromatic nitrogens is 3. The molecule has 0 unspecified atom stereocenters. The van der Waals surface area contributed by atoms with Gasteiger partial charge in [-0.2, -0.15) is 0 Å². The molecule has 0 N–H and O–H groups in total. The molecule has 0 bridgehead atoms. The molecule has 2 aromatic heterocycles. The van der Waals surface area contributed by atoms with Crippen LogP contribution in [0.25, 0.3) is 5.13 Å². The van der Waals surface area contributed by atoms with Crippen molar-refractivity contribution < 1.29 is 0 Å². The van der Waals surface area contributed by atoms with Crippen LogP contribution >= 0.6 is 11.3 Å². The highest BCUT2D eigenvalue weighted by Crippen LogP contribution is 2.07. The molecule has 0 saturated carbocycles. The number of nitrogens with zero attached hydrogens (tertiary/aromatic N) is 3. The minimum absolute atomic E-state index is 0.907. The summed E-state index contributed by atoms with van der Waals surface area (Å²) in [5.41, 5.74) is 1.72. The summed E-state index contributed by atoms with van der Waals surface area (Å²) >= 11 is 1.52. The van der Waals surface area contributed by atoms with Gasteiger partial charge in [0.15, 0.2) is 0 Å². The van der Waals surface area contributed by atoms with Crippen LogP contribution in [0.4, 0.5) is 0 Å². The van der Waals surface area contributed by atoms with Crippen LogP contribution in [0, 0.1) is 0 Å². The summed E-state index contributed by atoms with van der Waals surface area (Å²) in [4.78, 5) is 0. The van der Waals surface area contributed by atoms with Gasteiger partial charge in [0.05, 0.1) is 0 Å². The van der Waals surface area contributed by atoms with Gasteiger partial charge in [0, 0.05) is 12.4 Å². The molecule has 10 heavy (non-hydrogen) atoms. The summed E-state index contributed by atoms with van der Waals surface area (Å²) in [6, 6.07) is 3.92. The second-order valence-electron chi connectivity index (χ2n) is 1.81. The molecule has 2 aromatic rings. The molecule has 2 rings (SSSR count). The maximum absolute atomic E-state index is 3.89. The molecule has 2 heterocycles. The molecule has 3 nitrogen and oxygen atoms in total. The van der Waals surface area contributed by atoms with Gasteiger partial charge in [-0.05, 0) is 12.1 Å². The SMILES string of the molecule is c1ccn(-c2nncs2)c1. The lowest BCUT2D eigenvalue weighted by Crippen LogP contribution is -1.86. The quantitative estimate of drug-likeness (QED) is 0.615. The fourth-order valence-electron chi connectivity index (χ4n) is 0.742. The van der Waals surface area contributed by atoms with Crippen molar-refractivity contribution in [3.05, 3.63) is 30.0 Å². The van der Waals surface area contributed by atoms with Crippen LogP contribution in [0.15, 0.2) is 30.0 Å². The highest BCUT2D eigenvalue weighted by atomic mass is 32.1. The summed E-state index contributed by atoms with van der Waals surface area (Å²) < 4.78 is 1.93. The Morgan fingerprint density at radius 3 is 2.70 bits per heavy atom. The lowest BCUT2D eigenvalue weighted by molar-refractivity contribution is 0.974. The lowest BCUT2D eigenvalue weighted by Gasteiger charge is -1.90. The first-order valence-electron chi connectivity index (χ1n) is 2.86. The molecule has 0 radical (unpaired) electrons. The van der Waals surface area contributed by atoms with Crippen molar-refractivity contribution in [3.63, 3.8) is 0 Å². The Morgan fingerprint density at radius 1 is 1.30 bits per heavy atom. The second kappa shape index (κ2) is 2.22. The fraction of sp³-hybridized carbons (Fsp3) is 0. The van der Waals surface area contributed by atoms with E-state index in [4.69, 9.17) is 0 Å². The monoisotopic (exact) mass is 151 g/mol. The Balaban J connectivity index is 2.48. The summed E-state index contributed by atoms with van der Waals surface area (Å²) in [5.74, 6) is 0. The smallest absolute Gasteiger partial charge is 0.216 e. The van der Waals surface area contributed by atoms with Crippen LogP contribution in [-0.4, -0.2) is 14.8 Å². The predicted octanol–water partition coefficient (Wildman–Crippen LogP) is 1.33. The van der Waals surface area contributed by atoms with Crippen LogP contribution in [0.3, 0.4) is 0 Å². The van der Waals surface area contributed by atoms with E-state index in [0.717, 1.165) is 5.13 Å². The third kappa shape index (κ3) is 0.823. The molecular weight excluding hydrogens is 146 g/mol. The first-order valence-corrected chi connectivity index (χ1v) is 3.74. The summed E-state index contributed by atoms with van der Waals surface area (Å²) in [6.45, 7) is 0. The number of hydrogen-bond acceptors (Lipinski definition) is 3. The second-order valence-corrected chi connectivity index (χ2v) is 2.62. The first-order chi connectivity index (χ1) is 4.97. The van der Waals surface area contributed by atoms with E-state index in [1.54, 1.807) is 5.51 Å². The average molecular weight is 151 g/mol. The summed E-state index contributed by atoms with van der Waals surface area (Å²) in [5, 5.41) is 8.52. The zero-order chi connectivity index (χ0) is 6.81. The van der Waals surface area contributed by atoms with Crippen molar-refractivity contribution in [1.82, 2.24) is 14.8 Å². The third-order valence-corrected chi connectivity index (χ3v) is 1.88. The Bertz CT molecular complexity index is 252. The van der Waals surface area contributed by atoms with Crippen LogP contribution in [0.5, 0.6) is 0 Å². The van der Waals surface area contributed by atoms with Crippen LogP contribution in [-0.2, 0) is 0 Å². The molecule has 50 valence electrons. The van der Waals surface area contributed by atoms with Gasteiger partial charge >= 0.3 is 0 Å². The maximum atomic E-state index is 3.89. The van der Waals surface area contributed by atoms with E-state index < -0.39 is 0 Å². The zero-order valence-electron chi connectivity index (χ0n) is 5.14. The van der Waals surface area contributed by atoms with Crippen LogP contribution < -0.4 is 0 Å². The molecule has 0 amide bonds. The normalized spacial score (nSPS) is 10.0. The summed E-state index contributed by atoms with van der Waals surface area (Å²) in [7, 11) is 0. The Labute approximate surface area is 62.0 Å². The predicted molar refractivity (Wildman–Crippen MR) is 39.2 cm³/mol. The molecule has 0 saturated heterocycles. The molecule has 0 aliphatic rings. The molecule has 4 heteroatoms. The fourth-order valence-corrected chi connectivity index (χ4v) is 1.27. The Hall–Kier alpha value is -1.16. The molecule has 0 aliphatic carbocycles. The van der Waals surface area contributed by atoms with E-state index in [0.29, 0.717) is 0 Å². The molecule has 0 spiro atoms. The largest absolute Gasteiger partial charge is 0.299 e. The van der Waals surface area contributed by atoms with E-state index in [2.05, 4.69) is 10.2 Å². The standard InChI is InChI=1S/C6H5N3S/c1-2-4-9(3-1)6-8-7-5-10-6/h1-5H. The minimum atomic E-state index is 0.907. The van der Waals surface area contributed by atoms with Gasteiger partial charge in [-0.3, -0.25) is 4.57 Å². The van der Waals surface area contributed by atoms with Gasteiger partial charge in [0.1, 0.15) is 5.51 Å². The van der Waals surface area contributed by atoms with Crippen molar-refractivity contribution in [1.29, 1.82) is 0 Å². The minimum Gasteiger partial charge on any atom is -0.299 e. The van der Waals surface area contributed by atoms with E-state index >= 15 is 0 Å². The average Bonchev–Trinajstić information content (AvgIpc) is 2.59. The van der Waals surface area contributed by atoms with Gasteiger partial charge in [0.2, 0.25) is 5.13 Å². The maximum Gasteiger partial charge on any atom is 0.216 e. The van der Waals surface area contributed by atoms with Crippen LogP contribution in [0.1, 0.15) is 0 Å². The Morgan fingerprint density at radius 2 is 2.10 bits per heavy atom. The third-order valence-electron chi connectivity index (χ3n) is 1.17. The number of rotatable bonds is 1. The highest BCUT2D eigenvalue weighted by Gasteiger charge is 1.94. The van der Waals surface area contributed by atoms with Gasteiger partial charge in [-0.15, -0.1) is 10.2 Å². The molecule has 0 fully saturated rings. The lowest BCUT2D eigenvalue weighted by atomic mass is 10.7. The summed E-state index contributed by atoms with van der Waals surface area (Å²) in [6.07, 6.45) is 3.89. The molecule has 0 atom stereocenters. The molecule has 0 aliphatic heterocycles. The zero-order valence-corrected chi connectivity index (χ0v) is 5.95. The van der Waals surface area contributed by atoms with E-state index in [1.165, 1.54) is 11.3 Å². The van der Waals surface area contributed by atoms with Gasteiger partial charge in [-0.25, -0.2) is 0 Å². The molecular formula is C6H5N3S. The Kier molecular flexibility index (Phi) is 1.25. The molecule has 0 aromatic carbocycles. The van der Waals surface area contributed by atoms with E-state index in [1.807, 2.05) is 29.1 Å². The van der Waals surface area contributed by atoms with Gasteiger partial charge < -0.3 is 0 Å². The first kappa shape index (κ1) is 5.61. The van der Waals surface area contributed by atoms with Gasteiger partial charge in [-0.1, -0.05) is 11.3 Å². The van der Waals surface area contributed by atoms with Crippen molar-refractivity contribution in [2.75, 3.05) is 0 Å². The number of hydrogen-bond donors (Lipinski definition) is 0. The van der Waals surface area contributed by atoms with Gasteiger partial charge in [0.25, 0.3) is 0 Å². The van der Waals surface area contributed by atoms with Crippen molar-refractivity contribution >= 4 is 11.3 Å². The topological polar surface area (TPSA) is 30.7 Å². The van der Waals surface area contributed by atoms with Crippen molar-refractivity contribution in [3.8, 4) is 5.13 Å².